The van der Waals surface area contributed by atoms with Crippen LogP contribution in [0.5, 0.6) is 5.75 Å². The fraction of sp³-hybridized carbons (Fsp3) is 0.278. The summed E-state index contributed by atoms with van der Waals surface area (Å²) >= 11 is 1.36. The highest BCUT2D eigenvalue weighted by molar-refractivity contribution is 8.19. The number of ether oxygens (including phenoxy) is 1. The molecule has 4 aromatic rings. The number of hydrogen-bond acceptors (Lipinski definition) is 6. The van der Waals surface area contributed by atoms with E-state index in [0.717, 1.165) is 52.5 Å². The molecule has 222 valence electrons. The van der Waals surface area contributed by atoms with Gasteiger partial charge in [-0.25, -0.2) is 4.68 Å². The number of carbonyl (C=O) groups excluding carboxylic acids is 1. The van der Waals surface area contributed by atoms with Gasteiger partial charge in [0.25, 0.3) is 5.91 Å². The summed E-state index contributed by atoms with van der Waals surface area (Å²) < 4.78 is 7.23. The van der Waals surface area contributed by atoms with Gasteiger partial charge in [0.2, 0.25) is 5.17 Å². The van der Waals surface area contributed by atoms with E-state index in [1.54, 1.807) is 12.0 Å². The summed E-state index contributed by atoms with van der Waals surface area (Å²) in [5, 5.41) is 15.2. The first kappa shape index (κ1) is 28.3. The minimum Gasteiger partial charge on any atom is -0.497 e. The Morgan fingerprint density at radius 3 is 2.23 bits per heavy atom. The maximum absolute atomic E-state index is 14.1. The molecule has 0 radical (unpaired) electrons. The third-order valence-electron chi connectivity index (χ3n) is 10.0. The molecule has 3 aromatic carbocycles. The Morgan fingerprint density at radius 2 is 1.61 bits per heavy atom. The topological polar surface area (TPSA) is 72.1 Å². The van der Waals surface area contributed by atoms with Crippen molar-refractivity contribution in [1.82, 2.24) is 9.78 Å². The zero-order chi connectivity index (χ0) is 30.5. The van der Waals surface area contributed by atoms with E-state index in [1.807, 2.05) is 102 Å². The third kappa shape index (κ3) is 4.68. The summed E-state index contributed by atoms with van der Waals surface area (Å²) in [6.45, 7) is 7.06. The molecule has 3 aliphatic rings. The quantitative estimate of drug-likeness (QED) is 0.165. The predicted molar refractivity (Wildman–Crippen MR) is 179 cm³/mol. The lowest BCUT2D eigenvalue weighted by Crippen LogP contribution is -2.32. The molecule has 2 saturated carbocycles. The molecule has 1 aromatic heterocycles. The van der Waals surface area contributed by atoms with Gasteiger partial charge in [0.05, 0.1) is 29.1 Å². The molecule has 2 heterocycles. The van der Waals surface area contributed by atoms with Gasteiger partial charge in [0.1, 0.15) is 5.75 Å². The number of para-hydroxylation sites is 2. The lowest BCUT2D eigenvalue weighted by atomic mass is 9.70. The molecule has 2 aliphatic carbocycles. The zero-order valence-electron chi connectivity index (χ0n) is 25.4. The molecule has 3 fully saturated rings. The Kier molecular flexibility index (Phi) is 7.04. The van der Waals surface area contributed by atoms with Crippen LogP contribution < -0.4 is 9.64 Å². The van der Waals surface area contributed by atoms with Gasteiger partial charge in [0, 0.05) is 28.5 Å². The minimum atomic E-state index is -0.132. The van der Waals surface area contributed by atoms with E-state index in [4.69, 9.17) is 20.0 Å². The summed E-state index contributed by atoms with van der Waals surface area (Å²) in [6, 6.07) is 27.5. The van der Waals surface area contributed by atoms with E-state index in [-0.39, 0.29) is 16.7 Å². The molecule has 8 heteroatoms. The molecular weight excluding hydrogens is 566 g/mol. The van der Waals surface area contributed by atoms with Crippen molar-refractivity contribution in [2.45, 2.75) is 40.0 Å². The predicted octanol–water partition coefficient (Wildman–Crippen LogP) is 8.23. The summed E-state index contributed by atoms with van der Waals surface area (Å²) in [7, 11) is 1.65. The summed E-state index contributed by atoms with van der Waals surface area (Å²) in [5.41, 5.74) is 5.61. The van der Waals surface area contributed by atoms with E-state index >= 15 is 0 Å². The standard InChI is InChI=1S/C36H35N5O2S/c1-35(2)26-19-20-36(35,3)31(22-26)37-38-34-41(28-13-9-6-10-14-28)33(42)30(44-34)21-25-23-40(27-11-7-5-8-12-27)39-32(25)24-15-17-29(43-4)18-16-24/h5-18,21,23,26H,19-20,22H2,1-4H3. The highest BCUT2D eigenvalue weighted by Gasteiger charge is 2.60. The molecule has 44 heavy (non-hydrogen) atoms. The Labute approximate surface area is 262 Å². The second kappa shape index (κ2) is 10.9. The maximum atomic E-state index is 14.1. The lowest BCUT2D eigenvalue weighted by molar-refractivity contribution is -0.113. The number of amidine groups is 1. The van der Waals surface area contributed by atoms with E-state index in [0.29, 0.717) is 16.0 Å². The molecule has 1 saturated heterocycles. The van der Waals surface area contributed by atoms with Gasteiger partial charge in [-0.3, -0.25) is 9.69 Å². The van der Waals surface area contributed by atoms with Gasteiger partial charge < -0.3 is 4.74 Å². The van der Waals surface area contributed by atoms with E-state index in [9.17, 15) is 4.79 Å². The molecule has 2 bridgehead atoms. The SMILES string of the molecule is COc1ccc(-c2nn(-c3ccccc3)cc2C=C2SC(=NN=C3CC4CCC3(C)C4(C)C)N(c3ccccc3)C2=O)cc1. The molecule has 1 aliphatic heterocycles. The summed E-state index contributed by atoms with van der Waals surface area (Å²) in [5.74, 6) is 1.27. The molecule has 2 atom stereocenters. The van der Waals surface area contributed by atoms with Gasteiger partial charge in [-0.05, 0) is 97.0 Å². The third-order valence-corrected chi connectivity index (χ3v) is 11.0. The lowest BCUT2D eigenvalue weighted by Gasteiger charge is -2.34. The van der Waals surface area contributed by atoms with Crippen molar-refractivity contribution in [3.05, 3.63) is 102 Å². The number of rotatable bonds is 6. The van der Waals surface area contributed by atoms with Crippen LogP contribution in [-0.4, -0.2) is 33.7 Å². The largest absolute Gasteiger partial charge is 0.497 e. The van der Waals surface area contributed by atoms with Crippen molar-refractivity contribution >= 4 is 40.3 Å². The maximum Gasteiger partial charge on any atom is 0.271 e. The van der Waals surface area contributed by atoms with E-state index in [1.165, 1.54) is 18.2 Å². The fourth-order valence-corrected chi connectivity index (χ4v) is 7.77. The number of hydrogen-bond donors (Lipinski definition) is 0. The van der Waals surface area contributed by atoms with Crippen molar-refractivity contribution in [2.24, 2.45) is 27.0 Å². The van der Waals surface area contributed by atoms with Crippen molar-refractivity contribution < 1.29 is 9.53 Å². The monoisotopic (exact) mass is 601 g/mol. The summed E-state index contributed by atoms with van der Waals surface area (Å²) in [4.78, 5) is 16.3. The first-order valence-electron chi connectivity index (χ1n) is 15.0. The average molecular weight is 602 g/mol. The van der Waals surface area contributed by atoms with Crippen LogP contribution in [0, 0.1) is 16.7 Å². The van der Waals surface area contributed by atoms with Crippen molar-refractivity contribution in [3.63, 3.8) is 0 Å². The number of methoxy groups -OCH3 is 1. The Hall–Kier alpha value is -4.43. The van der Waals surface area contributed by atoms with Gasteiger partial charge >= 0.3 is 0 Å². The smallest absolute Gasteiger partial charge is 0.271 e. The second-order valence-corrected chi connectivity index (χ2v) is 13.5. The number of benzene rings is 3. The number of fused-ring (bicyclic) bond motifs is 2. The van der Waals surface area contributed by atoms with Crippen molar-refractivity contribution in [3.8, 4) is 22.7 Å². The molecule has 2 unspecified atom stereocenters. The molecule has 0 N–H and O–H groups in total. The first-order valence-corrected chi connectivity index (χ1v) is 15.8. The zero-order valence-corrected chi connectivity index (χ0v) is 26.2. The summed E-state index contributed by atoms with van der Waals surface area (Å²) in [6.07, 6.45) is 7.23. The normalized spacial score (nSPS) is 25.1. The van der Waals surface area contributed by atoms with Crippen LogP contribution in [0.2, 0.25) is 0 Å². The molecule has 0 spiro atoms. The number of nitrogens with zero attached hydrogens (tertiary/aromatic N) is 5. The van der Waals surface area contributed by atoms with Crippen LogP contribution in [0.3, 0.4) is 0 Å². The van der Waals surface area contributed by atoms with E-state index in [2.05, 4.69) is 20.8 Å². The molecule has 7 nitrogen and oxygen atoms in total. The number of aromatic nitrogens is 2. The van der Waals surface area contributed by atoms with Gasteiger partial charge in [-0.1, -0.05) is 57.2 Å². The van der Waals surface area contributed by atoms with Crippen LogP contribution >= 0.6 is 11.8 Å². The van der Waals surface area contributed by atoms with Gasteiger partial charge in [-0.2, -0.15) is 10.2 Å². The van der Waals surface area contributed by atoms with Crippen LogP contribution in [0.1, 0.15) is 45.6 Å². The number of amides is 1. The van der Waals surface area contributed by atoms with Crippen LogP contribution in [0.4, 0.5) is 5.69 Å². The number of thioether (sulfide) groups is 1. The second-order valence-electron chi connectivity index (χ2n) is 12.5. The van der Waals surface area contributed by atoms with Gasteiger partial charge in [0.15, 0.2) is 0 Å². The molecule has 1 amide bonds. The average Bonchev–Trinajstić information content (AvgIpc) is 3.72. The molecule has 7 rings (SSSR count). The van der Waals surface area contributed by atoms with Crippen LogP contribution in [0.15, 0.2) is 106 Å². The van der Waals surface area contributed by atoms with E-state index < -0.39 is 0 Å². The Morgan fingerprint density at radius 1 is 0.932 bits per heavy atom. The van der Waals surface area contributed by atoms with Gasteiger partial charge in [-0.15, -0.1) is 5.10 Å². The molecular formula is C36H35N5O2S. The van der Waals surface area contributed by atoms with Crippen molar-refractivity contribution in [2.75, 3.05) is 12.0 Å². The highest BCUT2D eigenvalue weighted by atomic mass is 32.2. The minimum absolute atomic E-state index is 0.0323. The Balaban J connectivity index is 1.31. The number of carbonyl (C=O) groups is 1. The van der Waals surface area contributed by atoms with Crippen LogP contribution in [-0.2, 0) is 4.79 Å². The van der Waals surface area contributed by atoms with Crippen LogP contribution in [0.25, 0.3) is 23.0 Å². The highest BCUT2D eigenvalue weighted by Crippen LogP contribution is 2.64. The van der Waals surface area contributed by atoms with Crippen molar-refractivity contribution in [1.29, 1.82) is 0 Å². The number of anilines is 1. The fourth-order valence-electron chi connectivity index (χ4n) is 6.85. The Bertz CT molecular complexity index is 1810. The first-order chi connectivity index (χ1) is 21.3.